The Morgan fingerprint density at radius 3 is 2.71 bits per heavy atom. The second-order valence-electron chi connectivity index (χ2n) is 7.00. The Morgan fingerprint density at radius 2 is 2.04 bits per heavy atom. The van der Waals surface area contributed by atoms with Crippen LogP contribution in [0.15, 0.2) is 29.4 Å². The first-order valence-electron chi connectivity index (χ1n) is 9.63. The number of piperazine rings is 1. The fraction of sp³-hybridized carbons (Fsp3) is 0.500. The van der Waals surface area contributed by atoms with Gasteiger partial charge in [0, 0.05) is 80.1 Å². The molecule has 1 saturated heterocycles. The molecule has 0 aliphatic carbocycles. The summed E-state index contributed by atoms with van der Waals surface area (Å²) in [4.78, 5) is 14.8. The zero-order valence-corrected chi connectivity index (χ0v) is 18.4. The summed E-state index contributed by atoms with van der Waals surface area (Å²) in [5, 5.41) is 8.70. The van der Waals surface area contributed by atoms with Gasteiger partial charge < -0.3 is 20.4 Å². The third-order valence-corrected chi connectivity index (χ3v) is 6.22. The fourth-order valence-electron chi connectivity index (χ4n) is 3.26. The number of likely N-dealkylation sites (N-methyl/N-ethyl adjacent to an activating group) is 1. The van der Waals surface area contributed by atoms with E-state index in [1.165, 1.54) is 10.6 Å². The second kappa shape index (κ2) is 10.1. The highest BCUT2D eigenvalue weighted by atomic mass is 35.5. The van der Waals surface area contributed by atoms with Crippen molar-refractivity contribution in [3.8, 4) is 0 Å². The van der Waals surface area contributed by atoms with Crippen LogP contribution in [0, 0.1) is 6.92 Å². The van der Waals surface area contributed by atoms with Crippen LogP contribution in [0.25, 0.3) is 0 Å². The van der Waals surface area contributed by atoms with Crippen LogP contribution in [-0.2, 0) is 13.0 Å². The number of nitrogens with zero attached hydrogens (tertiary/aromatic N) is 4. The van der Waals surface area contributed by atoms with Crippen LogP contribution in [0.3, 0.4) is 0 Å². The summed E-state index contributed by atoms with van der Waals surface area (Å²) in [7, 11) is 3.96. The lowest BCUT2D eigenvalue weighted by Crippen LogP contribution is -2.45. The van der Waals surface area contributed by atoms with Gasteiger partial charge >= 0.3 is 0 Å². The molecule has 0 atom stereocenters. The maximum atomic E-state index is 6.55. The van der Waals surface area contributed by atoms with E-state index in [4.69, 9.17) is 11.6 Å². The first-order chi connectivity index (χ1) is 13.6. The maximum Gasteiger partial charge on any atom is 0.191 e. The van der Waals surface area contributed by atoms with Gasteiger partial charge in [-0.05, 0) is 26.1 Å². The first kappa shape index (κ1) is 20.9. The minimum absolute atomic E-state index is 0.636. The van der Waals surface area contributed by atoms with Crippen molar-refractivity contribution in [3.05, 3.63) is 44.9 Å². The number of aliphatic imine (C=N–C) groups is 1. The molecule has 152 valence electrons. The molecule has 0 amide bonds. The third kappa shape index (κ3) is 5.59. The molecule has 1 aliphatic heterocycles. The van der Waals surface area contributed by atoms with E-state index in [0.29, 0.717) is 6.54 Å². The average Bonchev–Trinajstić information content (AvgIpc) is 3.11. The fourth-order valence-corrected chi connectivity index (χ4v) is 4.29. The highest BCUT2D eigenvalue weighted by molar-refractivity contribution is 7.11. The van der Waals surface area contributed by atoms with E-state index >= 15 is 0 Å². The molecule has 1 fully saturated rings. The summed E-state index contributed by atoms with van der Waals surface area (Å²) >= 11 is 8.29. The van der Waals surface area contributed by atoms with Crippen LogP contribution >= 0.6 is 22.9 Å². The van der Waals surface area contributed by atoms with Crippen LogP contribution in [0.5, 0.6) is 0 Å². The van der Waals surface area contributed by atoms with Crippen molar-refractivity contribution in [2.45, 2.75) is 19.9 Å². The van der Waals surface area contributed by atoms with E-state index in [2.05, 4.69) is 50.4 Å². The topological polar surface area (TPSA) is 55.8 Å². The van der Waals surface area contributed by atoms with Crippen LogP contribution in [0.2, 0.25) is 5.02 Å². The Kier molecular flexibility index (Phi) is 7.53. The van der Waals surface area contributed by atoms with Crippen LogP contribution < -0.4 is 15.5 Å². The predicted molar refractivity (Wildman–Crippen MR) is 120 cm³/mol. The molecule has 0 radical (unpaired) electrons. The van der Waals surface area contributed by atoms with Gasteiger partial charge in [-0.1, -0.05) is 17.7 Å². The Labute approximate surface area is 176 Å². The molecule has 1 aromatic heterocycles. The van der Waals surface area contributed by atoms with Crippen molar-refractivity contribution in [2.75, 3.05) is 51.7 Å². The van der Waals surface area contributed by atoms with Gasteiger partial charge in [-0.3, -0.25) is 4.99 Å². The summed E-state index contributed by atoms with van der Waals surface area (Å²) in [6.45, 7) is 7.68. The van der Waals surface area contributed by atoms with Gasteiger partial charge in [-0.15, -0.1) is 11.3 Å². The molecule has 6 nitrogen and oxygen atoms in total. The van der Waals surface area contributed by atoms with Gasteiger partial charge in [0.2, 0.25) is 0 Å². The third-order valence-electron chi connectivity index (χ3n) is 4.89. The van der Waals surface area contributed by atoms with Crippen LogP contribution in [0.1, 0.15) is 15.4 Å². The van der Waals surface area contributed by atoms with E-state index in [-0.39, 0.29) is 0 Å². The van der Waals surface area contributed by atoms with E-state index in [1.807, 2.05) is 18.3 Å². The van der Waals surface area contributed by atoms with Crippen LogP contribution in [0.4, 0.5) is 5.69 Å². The summed E-state index contributed by atoms with van der Waals surface area (Å²) in [5.74, 6) is 0.775. The van der Waals surface area contributed by atoms with Crippen molar-refractivity contribution < 1.29 is 0 Å². The number of hydrogen-bond donors (Lipinski definition) is 2. The van der Waals surface area contributed by atoms with Crippen molar-refractivity contribution in [2.24, 2.45) is 4.99 Å². The largest absolute Gasteiger partial charge is 0.369 e. The SMILES string of the molecule is CN=C(NCCc1ncc(C)s1)NCc1c(Cl)cccc1N1CCN(C)CC1. The Balaban J connectivity index is 1.57. The molecule has 8 heteroatoms. The molecule has 0 unspecified atom stereocenters. The van der Waals surface area contributed by atoms with E-state index in [1.54, 1.807) is 18.4 Å². The van der Waals surface area contributed by atoms with Crippen molar-refractivity contribution >= 4 is 34.6 Å². The van der Waals surface area contributed by atoms with Crippen LogP contribution in [-0.4, -0.2) is 62.7 Å². The Morgan fingerprint density at radius 1 is 1.25 bits per heavy atom. The Bertz CT molecular complexity index is 798. The van der Waals surface area contributed by atoms with Gasteiger partial charge in [-0.2, -0.15) is 0 Å². The lowest BCUT2D eigenvalue weighted by atomic mass is 10.1. The number of nitrogens with one attached hydrogen (secondary N) is 2. The number of halogens is 1. The summed E-state index contributed by atoms with van der Waals surface area (Å²) in [5.41, 5.74) is 2.33. The monoisotopic (exact) mass is 420 g/mol. The van der Waals surface area contributed by atoms with Gasteiger partial charge in [0.05, 0.1) is 5.01 Å². The second-order valence-corrected chi connectivity index (χ2v) is 8.72. The van der Waals surface area contributed by atoms with E-state index in [0.717, 1.165) is 60.7 Å². The van der Waals surface area contributed by atoms with Crippen molar-refractivity contribution in [3.63, 3.8) is 0 Å². The zero-order chi connectivity index (χ0) is 19.9. The number of anilines is 1. The molecule has 2 N–H and O–H groups in total. The molecule has 28 heavy (non-hydrogen) atoms. The normalized spacial score (nSPS) is 15.7. The molecule has 2 aromatic rings. The summed E-state index contributed by atoms with van der Waals surface area (Å²) < 4.78 is 0. The average molecular weight is 421 g/mol. The smallest absolute Gasteiger partial charge is 0.191 e. The number of thiazole rings is 1. The molecule has 2 heterocycles. The molecule has 0 bridgehead atoms. The van der Waals surface area contributed by atoms with E-state index < -0.39 is 0 Å². The minimum Gasteiger partial charge on any atom is -0.369 e. The van der Waals surface area contributed by atoms with Crippen molar-refractivity contribution in [1.29, 1.82) is 0 Å². The number of aromatic nitrogens is 1. The standard InChI is InChI=1S/C20H29ClN6S/c1-15-13-24-19(28-15)7-8-23-20(22-2)25-14-16-17(21)5-4-6-18(16)27-11-9-26(3)10-12-27/h4-6,13H,7-12,14H2,1-3H3,(H2,22,23,25). The molecule has 0 saturated carbocycles. The zero-order valence-electron chi connectivity index (χ0n) is 16.8. The number of hydrogen-bond acceptors (Lipinski definition) is 5. The maximum absolute atomic E-state index is 6.55. The molecule has 1 aliphatic rings. The lowest BCUT2D eigenvalue weighted by Gasteiger charge is -2.35. The highest BCUT2D eigenvalue weighted by Crippen LogP contribution is 2.28. The van der Waals surface area contributed by atoms with Gasteiger partial charge in [0.25, 0.3) is 0 Å². The van der Waals surface area contributed by atoms with Gasteiger partial charge in [0.15, 0.2) is 5.96 Å². The quantitative estimate of drug-likeness (QED) is 0.556. The predicted octanol–water partition coefficient (Wildman–Crippen LogP) is 2.76. The molecule has 3 rings (SSSR count). The summed E-state index contributed by atoms with van der Waals surface area (Å²) in [6.07, 6.45) is 2.81. The molecular weight excluding hydrogens is 392 g/mol. The van der Waals surface area contributed by atoms with Gasteiger partial charge in [-0.25, -0.2) is 4.98 Å². The molecular formula is C20H29ClN6S. The number of benzene rings is 1. The highest BCUT2D eigenvalue weighted by Gasteiger charge is 2.18. The number of rotatable bonds is 6. The minimum atomic E-state index is 0.636. The lowest BCUT2D eigenvalue weighted by molar-refractivity contribution is 0.312. The Hall–Kier alpha value is -1.83. The molecule has 0 spiro atoms. The van der Waals surface area contributed by atoms with Gasteiger partial charge in [0.1, 0.15) is 0 Å². The summed E-state index contributed by atoms with van der Waals surface area (Å²) in [6, 6.07) is 6.15. The number of guanidine groups is 1. The van der Waals surface area contributed by atoms with Crippen molar-refractivity contribution in [1.82, 2.24) is 20.5 Å². The van der Waals surface area contributed by atoms with E-state index in [9.17, 15) is 0 Å². The number of aryl methyl sites for hydroxylation is 1. The first-order valence-corrected chi connectivity index (χ1v) is 10.8. The molecule has 1 aromatic carbocycles.